The minimum absolute atomic E-state index is 0.681. The Balaban J connectivity index is 1.27. The van der Waals surface area contributed by atoms with Crippen molar-refractivity contribution >= 4 is 49.5 Å². The smallest absolute Gasteiger partial charge is 0.160 e. The van der Waals surface area contributed by atoms with Crippen molar-refractivity contribution in [2.24, 2.45) is 0 Å². The SMILES string of the molecule is c1ccc(-c2cc(-c3ccccc3-c3nc4cccc(N(c5ccccc5)c5ccccc5)c4c4c3ccc3ccccc34)nc(-c3ccccc3)n2)cc1. The molecule has 0 radical (unpaired) electrons. The van der Waals surface area contributed by atoms with Gasteiger partial charge in [0.1, 0.15) is 0 Å². The second-order valence-electron chi connectivity index (χ2n) is 13.6. The van der Waals surface area contributed by atoms with Gasteiger partial charge in [-0.15, -0.1) is 0 Å². The number of fused-ring (bicyclic) bond motifs is 5. The molecule has 4 heteroatoms. The highest BCUT2D eigenvalue weighted by Gasteiger charge is 2.22. The fourth-order valence-corrected chi connectivity index (χ4v) is 7.74. The van der Waals surface area contributed by atoms with Crippen LogP contribution in [-0.2, 0) is 0 Å². The number of rotatable bonds is 7. The molecule has 0 spiro atoms. The fourth-order valence-electron chi connectivity index (χ4n) is 7.74. The minimum atomic E-state index is 0.681. The van der Waals surface area contributed by atoms with Crippen LogP contribution in [0, 0.1) is 0 Å². The van der Waals surface area contributed by atoms with E-state index in [2.05, 4.69) is 175 Å². The lowest BCUT2D eigenvalue weighted by Crippen LogP contribution is -2.10. The molecule has 2 aromatic heterocycles. The molecule has 0 aliphatic rings. The van der Waals surface area contributed by atoms with E-state index in [0.29, 0.717) is 5.82 Å². The van der Waals surface area contributed by atoms with Crippen LogP contribution in [0.5, 0.6) is 0 Å². The third-order valence-electron chi connectivity index (χ3n) is 10.2. The van der Waals surface area contributed by atoms with E-state index in [9.17, 15) is 0 Å². The van der Waals surface area contributed by atoms with Crippen molar-refractivity contribution in [3.8, 4) is 45.2 Å². The molecule has 0 unspecified atom stereocenters. The first-order valence-corrected chi connectivity index (χ1v) is 18.5. The Morgan fingerprint density at radius 1 is 0.364 bits per heavy atom. The fraction of sp³-hybridized carbons (Fsp3) is 0. The Bertz CT molecular complexity index is 2870. The highest BCUT2D eigenvalue weighted by molar-refractivity contribution is 6.26. The quantitative estimate of drug-likeness (QED) is 0.155. The number of hydrogen-bond acceptors (Lipinski definition) is 4. The van der Waals surface area contributed by atoms with E-state index < -0.39 is 0 Å². The van der Waals surface area contributed by atoms with E-state index in [-0.39, 0.29) is 0 Å². The first-order valence-electron chi connectivity index (χ1n) is 18.5. The Hall–Kier alpha value is -7.43. The van der Waals surface area contributed by atoms with Crippen LogP contribution in [0.25, 0.3) is 77.6 Å². The first kappa shape index (κ1) is 32.2. The molecule has 8 aromatic carbocycles. The number of aromatic nitrogens is 3. The standard InChI is InChI=1S/C51H34N4/c1-5-19-36(20-6-1)45-34-46(54-51(53-45)37-21-7-2-8-22-37)41-28-15-16-29-42(41)50-43-33-32-35-18-13-14-27-40(35)48(43)49-44(52-50)30-17-31-47(49)55(38-23-9-3-10-24-38)39-25-11-4-12-26-39/h1-34H. The van der Waals surface area contributed by atoms with Crippen LogP contribution in [0.1, 0.15) is 0 Å². The van der Waals surface area contributed by atoms with Gasteiger partial charge >= 0.3 is 0 Å². The largest absolute Gasteiger partial charge is 0.310 e. The molecular formula is C51H34N4. The summed E-state index contributed by atoms with van der Waals surface area (Å²) in [5.41, 5.74) is 10.8. The summed E-state index contributed by atoms with van der Waals surface area (Å²) in [6.45, 7) is 0. The van der Waals surface area contributed by atoms with Crippen LogP contribution in [0.15, 0.2) is 206 Å². The lowest BCUT2D eigenvalue weighted by Gasteiger charge is -2.27. The summed E-state index contributed by atoms with van der Waals surface area (Å²) in [5.74, 6) is 0.681. The van der Waals surface area contributed by atoms with E-state index in [4.69, 9.17) is 15.0 Å². The van der Waals surface area contributed by atoms with Crippen molar-refractivity contribution in [2.75, 3.05) is 4.90 Å². The lowest BCUT2D eigenvalue weighted by atomic mass is 9.92. The van der Waals surface area contributed by atoms with Gasteiger partial charge in [-0.1, -0.05) is 164 Å². The van der Waals surface area contributed by atoms with Crippen molar-refractivity contribution in [1.29, 1.82) is 0 Å². The number of para-hydroxylation sites is 2. The Kier molecular flexibility index (Phi) is 8.12. The molecule has 0 aliphatic carbocycles. The zero-order chi connectivity index (χ0) is 36.6. The van der Waals surface area contributed by atoms with Crippen LogP contribution in [0.2, 0.25) is 0 Å². The molecule has 0 bridgehead atoms. The number of hydrogen-bond donors (Lipinski definition) is 0. The highest BCUT2D eigenvalue weighted by Crippen LogP contribution is 2.46. The maximum absolute atomic E-state index is 5.59. The summed E-state index contributed by atoms with van der Waals surface area (Å²) in [6, 6.07) is 71.9. The number of nitrogens with zero attached hydrogens (tertiary/aromatic N) is 4. The third-order valence-corrected chi connectivity index (χ3v) is 10.2. The van der Waals surface area contributed by atoms with Crippen LogP contribution in [0.3, 0.4) is 0 Å². The Labute approximate surface area is 319 Å². The maximum atomic E-state index is 5.59. The van der Waals surface area contributed by atoms with Gasteiger partial charge in [-0.05, 0) is 53.2 Å². The van der Waals surface area contributed by atoms with Crippen molar-refractivity contribution in [2.45, 2.75) is 0 Å². The lowest BCUT2D eigenvalue weighted by molar-refractivity contribution is 1.18. The number of benzene rings is 8. The van der Waals surface area contributed by atoms with Gasteiger partial charge in [0.2, 0.25) is 0 Å². The maximum Gasteiger partial charge on any atom is 0.160 e. The van der Waals surface area contributed by atoms with E-state index in [1.165, 1.54) is 10.8 Å². The Morgan fingerprint density at radius 3 is 1.65 bits per heavy atom. The summed E-state index contributed by atoms with van der Waals surface area (Å²) in [6.07, 6.45) is 0. The second-order valence-corrected chi connectivity index (χ2v) is 13.6. The summed E-state index contributed by atoms with van der Waals surface area (Å²) in [7, 11) is 0. The molecule has 4 nitrogen and oxygen atoms in total. The molecule has 0 saturated carbocycles. The van der Waals surface area contributed by atoms with E-state index in [1.807, 2.05) is 36.4 Å². The van der Waals surface area contributed by atoms with Gasteiger partial charge in [0, 0.05) is 49.8 Å². The summed E-state index contributed by atoms with van der Waals surface area (Å²) in [4.78, 5) is 18.2. The zero-order valence-corrected chi connectivity index (χ0v) is 29.9. The average Bonchev–Trinajstić information content (AvgIpc) is 3.27. The van der Waals surface area contributed by atoms with Gasteiger partial charge < -0.3 is 4.90 Å². The first-order chi connectivity index (χ1) is 27.3. The van der Waals surface area contributed by atoms with Gasteiger partial charge in [0.15, 0.2) is 5.82 Å². The topological polar surface area (TPSA) is 41.9 Å². The van der Waals surface area contributed by atoms with Crippen molar-refractivity contribution in [3.05, 3.63) is 206 Å². The van der Waals surface area contributed by atoms with Gasteiger partial charge in [0.05, 0.1) is 28.3 Å². The minimum Gasteiger partial charge on any atom is -0.310 e. The van der Waals surface area contributed by atoms with Crippen LogP contribution < -0.4 is 4.90 Å². The molecule has 10 rings (SSSR count). The molecule has 0 saturated heterocycles. The molecule has 10 aromatic rings. The van der Waals surface area contributed by atoms with E-state index >= 15 is 0 Å². The highest BCUT2D eigenvalue weighted by atomic mass is 15.1. The number of anilines is 3. The average molecular weight is 703 g/mol. The summed E-state index contributed by atoms with van der Waals surface area (Å²) >= 11 is 0. The van der Waals surface area contributed by atoms with E-state index in [0.717, 1.165) is 78.1 Å². The van der Waals surface area contributed by atoms with Crippen LogP contribution >= 0.6 is 0 Å². The van der Waals surface area contributed by atoms with Crippen molar-refractivity contribution in [1.82, 2.24) is 15.0 Å². The van der Waals surface area contributed by atoms with E-state index in [1.54, 1.807) is 0 Å². The van der Waals surface area contributed by atoms with Crippen molar-refractivity contribution < 1.29 is 0 Å². The Morgan fingerprint density at radius 2 is 0.945 bits per heavy atom. The van der Waals surface area contributed by atoms with Gasteiger partial charge in [0.25, 0.3) is 0 Å². The summed E-state index contributed by atoms with van der Waals surface area (Å²) in [5, 5.41) is 5.70. The van der Waals surface area contributed by atoms with Gasteiger partial charge in [-0.3, -0.25) is 0 Å². The van der Waals surface area contributed by atoms with Crippen LogP contribution in [-0.4, -0.2) is 15.0 Å². The molecule has 0 N–H and O–H groups in total. The third kappa shape index (κ3) is 5.87. The van der Waals surface area contributed by atoms with Crippen LogP contribution in [0.4, 0.5) is 17.1 Å². The molecule has 258 valence electrons. The number of pyridine rings is 1. The zero-order valence-electron chi connectivity index (χ0n) is 29.9. The predicted molar refractivity (Wildman–Crippen MR) is 229 cm³/mol. The molecule has 0 amide bonds. The normalized spacial score (nSPS) is 11.3. The van der Waals surface area contributed by atoms with Gasteiger partial charge in [-0.2, -0.15) is 0 Å². The summed E-state index contributed by atoms with van der Waals surface area (Å²) < 4.78 is 0. The molecule has 55 heavy (non-hydrogen) atoms. The molecule has 0 fully saturated rings. The molecule has 2 heterocycles. The molecule has 0 atom stereocenters. The monoisotopic (exact) mass is 702 g/mol. The van der Waals surface area contributed by atoms with Gasteiger partial charge in [-0.25, -0.2) is 15.0 Å². The van der Waals surface area contributed by atoms with Crippen molar-refractivity contribution in [3.63, 3.8) is 0 Å². The predicted octanol–water partition coefficient (Wildman–Crippen LogP) is 13.5. The molecular weight excluding hydrogens is 669 g/mol. The second kappa shape index (κ2) is 13.8. The molecule has 0 aliphatic heterocycles.